The minimum absolute atomic E-state index is 0.144. The first-order chi connectivity index (χ1) is 9.54. The molecule has 2 N–H and O–H groups in total. The Bertz CT molecular complexity index is 445. The van der Waals surface area contributed by atoms with E-state index in [2.05, 4.69) is 25.7 Å². The van der Waals surface area contributed by atoms with Crippen LogP contribution in [0.1, 0.15) is 50.3 Å². The van der Waals surface area contributed by atoms with Crippen molar-refractivity contribution in [2.45, 2.75) is 52.1 Å². The van der Waals surface area contributed by atoms with Crippen LogP contribution in [0.25, 0.3) is 0 Å². The molecule has 2 nitrogen and oxygen atoms in total. The molecule has 0 aliphatic carbocycles. The fourth-order valence-electron chi connectivity index (χ4n) is 3.46. The van der Waals surface area contributed by atoms with E-state index >= 15 is 0 Å². The van der Waals surface area contributed by atoms with Crippen molar-refractivity contribution in [3.05, 3.63) is 35.1 Å². The van der Waals surface area contributed by atoms with E-state index in [-0.39, 0.29) is 11.9 Å². The lowest BCUT2D eigenvalue weighted by Crippen LogP contribution is -2.40. The third kappa shape index (κ3) is 3.21. The normalized spacial score (nSPS) is 24.9. The van der Waals surface area contributed by atoms with E-state index in [0.29, 0.717) is 18.5 Å². The molecule has 2 rings (SSSR count). The number of aryl methyl sites for hydroxylation is 1. The fourth-order valence-corrected chi connectivity index (χ4v) is 3.46. The highest BCUT2D eigenvalue weighted by Gasteiger charge is 2.32. The van der Waals surface area contributed by atoms with Gasteiger partial charge in [-0.1, -0.05) is 12.5 Å². The maximum atomic E-state index is 13.7. The Labute approximate surface area is 122 Å². The van der Waals surface area contributed by atoms with Gasteiger partial charge in [0.1, 0.15) is 5.82 Å². The van der Waals surface area contributed by atoms with Gasteiger partial charge in [-0.25, -0.2) is 4.39 Å². The monoisotopic (exact) mass is 278 g/mol. The quantitative estimate of drug-likeness (QED) is 0.914. The Kier molecular flexibility index (Phi) is 5.17. The van der Waals surface area contributed by atoms with Gasteiger partial charge in [0, 0.05) is 12.1 Å². The molecular weight excluding hydrogens is 251 g/mol. The molecule has 0 spiro atoms. The summed E-state index contributed by atoms with van der Waals surface area (Å²) < 4.78 is 13.7. The third-order valence-electron chi connectivity index (χ3n) is 4.57. The van der Waals surface area contributed by atoms with Gasteiger partial charge in [0.05, 0.1) is 0 Å². The molecule has 0 saturated carbocycles. The number of benzene rings is 1. The summed E-state index contributed by atoms with van der Waals surface area (Å²) in [5.41, 5.74) is 8.32. The summed E-state index contributed by atoms with van der Waals surface area (Å²) in [7, 11) is 0. The second-order valence-corrected chi connectivity index (χ2v) is 6.27. The van der Waals surface area contributed by atoms with E-state index in [1.807, 2.05) is 6.07 Å². The Hall–Kier alpha value is -0.930. The molecule has 1 aliphatic rings. The topological polar surface area (TPSA) is 29.3 Å². The Morgan fingerprint density at radius 1 is 1.35 bits per heavy atom. The van der Waals surface area contributed by atoms with E-state index in [9.17, 15) is 4.39 Å². The Morgan fingerprint density at radius 3 is 2.75 bits per heavy atom. The molecule has 2 atom stereocenters. The first kappa shape index (κ1) is 15.5. The molecule has 1 heterocycles. The van der Waals surface area contributed by atoms with Gasteiger partial charge in [0.15, 0.2) is 0 Å². The molecule has 0 bridgehead atoms. The van der Waals surface area contributed by atoms with Crippen LogP contribution in [-0.2, 0) is 0 Å². The summed E-state index contributed by atoms with van der Waals surface area (Å²) in [5, 5.41) is 0. The van der Waals surface area contributed by atoms with Crippen molar-refractivity contribution in [3.63, 3.8) is 0 Å². The molecule has 0 aromatic heterocycles. The van der Waals surface area contributed by atoms with Crippen molar-refractivity contribution >= 4 is 0 Å². The highest BCUT2D eigenvalue weighted by Crippen LogP contribution is 2.37. The molecule has 1 saturated heterocycles. The van der Waals surface area contributed by atoms with Gasteiger partial charge in [0.25, 0.3) is 0 Å². The highest BCUT2D eigenvalue weighted by molar-refractivity contribution is 5.30. The van der Waals surface area contributed by atoms with Gasteiger partial charge in [-0.05, 0) is 75.9 Å². The summed E-state index contributed by atoms with van der Waals surface area (Å²) in [5.74, 6) is 0.273. The third-order valence-corrected chi connectivity index (χ3v) is 4.57. The number of likely N-dealkylation sites (tertiary alicyclic amines) is 1. The molecule has 2 unspecified atom stereocenters. The summed E-state index contributed by atoms with van der Waals surface area (Å²) in [6.45, 7) is 8.27. The largest absolute Gasteiger partial charge is 0.330 e. The van der Waals surface area contributed by atoms with Crippen LogP contribution in [0.2, 0.25) is 0 Å². The predicted octanol–water partition coefficient (Wildman–Crippen LogP) is 3.64. The average molecular weight is 278 g/mol. The Morgan fingerprint density at radius 2 is 2.10 bits per heavy atom. The molecule has 1 aromatic carbocycles. The van der Waals surface area contributed by atoms with Crippen molar-refractivity contribution in [1.82, 2.24) is 4.90 Å². The van der Waals surface area contributed by atoms with Gasteiger partial charge >= 0.3 is 0 Å². The van der Waals surface area contributed by atoms with Crippen molar-refractivity contribution in [2.75, 3.05) is 13.1 Å². The molecule has 20 heavy (non-hydrogen) atoms. The van der Waals surface area contributed by atoms with E-state index in [0.717, 1.165) is 18.5 Å². The van der Waals surface area contributed by atoms with Crippen molar-refractivity contribution in [2.24, 2.45) is 11.7 Å². The molecule has 0 amide bonds. The summed E-state index contributed by atoms with van der Waals surface area (Å²) >= 11 is 0. The SMILES string of the molecule is Cc1ccc(F)cc1C1C(CN)CCCCN1C(C)C. The minimum Gasteiger partial charge on any atom is -0.330 e. The van der Waals surface area contributed by atoms with Crippen LogP contribution in [0.5, 0.6) is 0 Å². The first-order valence-corrected chi connectivity index (χ1v) is 7.76. The lowest BCUT2D eigenvalue weighted by molar-refractivity contribution is 0.121. The lowest BCUT2D eigenvalue weighted by Gasteiger charge is -2.38. The second kappa shape index (κ2) is 6.68. The van der Waals surface area contributed by atoms with E-state index in [1.165, 1.54) is 18.4 Å². The van der Waals surface area contributed by atoms with Crippen molar-refractivity contribution in [1.29, 1.82) is 0 Å². The van der Waals surface area contributed by atoms with Gasteiger partial charge in [-0.15, -0.1) is 0 Å². The van der Waals surface area contributed by atoms with Gasteiger partial charge in [0.2, 0.25) is 0 Å². The summed E-state index contributed by atoms with van der Waals surface area (Å²) in [6.07, 6.45) is 3.57. The number of rotatable bonds is 3. The van der Waals surface area contributed by atoms with Crippen LogP contribution >= 0.6 is 0 Å². The fraction of sp³-hybridized carbons (Fsp3) is 0.647. The molecule has 1 fully saturated rings. The lowest BCUT2D eigenvalue weighted by atomic mass is 9.86. The van der Waals surface area contributed by atoms with E-state index in [1.54, 1.807) is 12.1 Å². The van der Waals surface area contributed by atoms with E-state index in [4.69, 9.17) is 5.73 Å². The van der Waals surface area contributed by atoms with Crippen molar-refractivity contribution in [3.8, 4) is 0 Å². The number of hydrogen-bond acceptors (Lipinski definition) is 2. The maximum absolute atomic E-state index is 13.7. The molecule has 112 valence electrons. The average Bonchev–Trinajstić information content (AvgIpc) is 2.63. The smallest absolute Gasteiger partial charge is 0.123 e. The first-order valence-electron chi connectivity index (χ1n) is 7.76. The maximum Gasteiger partial charge on any atom is 0.123 e. The number of nitrogens with two attached hydrogens (primary N) is 1. The van der Waals surface area contributed by atoms with Gasteiger partial charge in [-0.2, -0.15) is 0 Å². The van der Waals surface area contributed by atoms with Crippen LogP contribution in [0, 0.1) is 18.7 Å². The minimum atomic E-state index is -0.144. The van der Waals surface area contributed by atoms with Crippen LogP contribution in [0.15, 0.2) is 18.2 Å². The van der Waals surface area contributed by atoms with Crippen LogP contribution < -0.4 is 5.73 Å². The molecule has 3 heteroatoms. The molecule has 1 aliphatic heterocycles. The number of hydrogen-bond donors (Lipinski definition) is 1. The second-order valence-electron chi connectivity index (χ2n) is 6.27. The van der Waals surface area contributed by atoms with Gasteiger partial charge in [-0.3, -0.25) is 4.90 Å². The predicted molar refractivity (Wildman–Crippen MR) is 82.1 cm³/mol. The van der Waals surface area contributed by atoms with Crippen LogP contribution in [0.4, 0.5) is 4.39 Å². The molecule has 0 radical (unpaired) electrons. The summed E-state index contributed by atoms with van der Waals surface area (Å²) in [6, 6.07) is 5.85. The van der Waals surface area contributed by atoms with Crippen LogP contribution in [0.3, 0.4) is 0 Å². The zero-order valence-corrected chi connectivity index (χ0v) is 12.9. The molecular formula is C17H27FN2. The number of nitrogens with zero attached hydrogens (tertiary/aromatic N) is 1. The number of halogens is 1. The van der Waals surface area contributed by atoms with Gasteiger partial charge < -0.3 is 5.73 Å². The Balaban J connectivity index is 2.45. The van der Waals surface area contributed by atoms with Crippen molar-refractivity contribution < 1.29 is 4.39 Å². The zero-order valence-electron chi connectivity index (χ0n) is 12.9. The summed E-state index contributed by atoms with van der Waals surface area (Å²) in [4.78, 5) is 2.51. The van der Waals surface area contributed by atoms with E-state index < -0.39 is 0 Å². The molecule has 1 aromatic rings. The highest BCUT2D eigenvalue weighted by atomic mass is 19.1. The van der Waals surface area contributed by atoms with Crippen LogP contribution in [-0.4, -0.2) is 24.0 Å². The standard InChI is InChI=1S/C17H27FN2/c1-12(2)20-9-5-4-6-14(11-19)17(20)16-10-15(18)8-7-13(16)3/h7-8,10,12,14,17H,4-6,9,11,19H2,1-3H3. The zero-order chi connectivity index (χ0) is 14.7.